The van der Waals surface area contributed by atoms with E-state index in [9.17, 15) is 4.79 Å². The molecule has 0 atom stereocenters. The molecule has 0 bridgehead atoms. The fraction of sp³-hybridized carbons (Fsp3) is 0.286. The van der Waals surface area contributed by atoms with Gasteiger partial charge in [-0.15, -0.1) is 0 Å². The summed E-state index contributed by atoms with van der Waals surface area (Å²) in [7, 11) is 0. The average Bonchev–Trinajstić information content (AvgIpc) is 2.72. The third-order valence-corrected chi connectivity index (χ3v) is 4.22. The SMILES string of the molecule is Cc1nn(-c2cccc(Cl)c2Cl)c2c1C(=O)CCC2. The Labute approximate surface area is 121 Å². The molecular weight excluding hydrogens is 283 g/mol. The predicted octanol–water partition coefficient (Wildman–Crippen LogP) is 4.01. The number of carbonyl (C=O) groups is 1. The highest BCUT2D eigenvalue weighted by atomic mass is 35.5. The number of benzene rings is 1. The van der Waals surface area contributed by atoms with Gasteiger partial charge in [-0.05, 0) is 31.9 Å². The van der Waals surface area contributed by atoms with Crippen molar-refractivity contribution >= 4 is 29.0 Å². The van der Waals surface area contributed by atoms with Crippen molar-refractivity contribution in [1.29, 1.82) is 0 Å². The molecule has 0 spiro atoms. The van der Waals surface area contributed by atoms with Crippen molar-refractivity contribution in [3.63, 3.8) is 0 Å². The molecule has 0 radical (unpaired) electrons. The molecule has 98 valence electrons. The Kier molecular flexibility index (Phi) is 3.11. The molecule has 0 saturated heterocycles. The van der Waals surface area contributed by atoms with Crippen molar-refractivity contribution < 1.29 is 4.79 Å². The summed E-state index contributed by atoms with van der Waals surface area (Å²) in [6.07, 6.45) is 2.29. The van der Waals surface area contributed by atoms with Crippen LogP contribution >= 0.6 is 23.2 Å². The van der Waals surface area contributed by atoms with E-state index in [-0.39, 0.29) is 5.78 Å². The molecule has 1 aliphatic carbocycles. The highest BCUT2D eigenvalue weighted by Crippen LogP contribution is 2.32. The molecule has 0 fully saturated rings. The molecule has 1 heterocycles. The smallest absolute Gasteiger partial charge is 0.166 e. The average molecular weight is 295 g/mol. The second kappa shape index (κ2) is 4.66. The van der Waals surface area contributed by atoms with Crippen LogP contribution in [0, 0.1) is 6.92 Å². The lowest BCUT2D eigenvalue weighted by Gasteiger charge is -2.14. The van der Waals surface area contributed by atoms with Gasteiger partial charge in [0.2, 0.25) is 0 Å². The van der Waals surface area contributed by atoms with E-state index in [4.69, 9.17) is 23.2 Å². The van der Waals surface area contributed by atoms with Crippen LogP contribution in [0.3, 0.4) is 0 Å². The largest absolute Gasteiger partial charge is 0.294 e. The Morgan fingerprint density at radius 2 is 2.05 bits per heavy atom. The van der Waals surface area contributed by atoms with Crippen molar-refractivity contribution in [2.24, 2.45) is 0 Å². The molecule has 5 heteroatoms. The molecule has 19 heavy (non-hydrogen) atoms. The molecule has 0 aliphatic heterocycles. The molecule has 1 aliphatic rings. The second-order valence-corrected chi connectivity index (χ2v) is 5.45. The number of hydrogen-bond donors (Lipinski definition) is 0. The monoisotopic (exact) mass is 294 g/mol. The molecule has 3 rings (SSSR count). The van der Waals surface area contributed by atoms with Gasteiger partial charge in [0.05, 0.1) is 32.7 Å². The van der Waals surface area contributed by atoms with Gasteiger partial charge in [-0.1, -0.05) is 29.3 Å². The van der Waals surface area contributed by atoms with E-state index in [1.54, 1.807) is 10.7 Å². The van der Waals surface area contributed by atoms with Crippen LogP contribution < -0.4 is 0 Å². The number of nitrogens with zero attached hydrogens (tertiary/aromatic N) is 2. The van der Waals surface area contributed by atoms with Crippen molar-refractivity contribution in [3.8, 4) is 5.69 Å². The molecule has 0 saturated carbocycles. The molecule has 2 aromatic rings. The lowest BCUT2D eigenvalue weighted by Crippen LogP contribution is -2.13. The molecule has 3 nitrogen and oxygen atoms in total. The number of hydrogen-bond acceptors (Lipinski definition) is 2. The van der Waals surface area contributed by atoms with E-state index >= 15 is 0 Å². The number of halogens is 2. The molecular formula is C14H12Cl2N2O. The van der Waals surface area contributed by atoms with Crippen molar-refractivity contribution in [3.05, 3.63) is 45.2 Å². The van der Waals surface area contributed by atoms with Gasteiger partial charge >= 0.3 is 0 Å². The van der Waals surface area contributed by atoms with Crippen LogP contribution in [-0.4, -0.2) is 15.6 Å². The van der Waals surface area contributed by atoms with Crippen molar-refractivity contribution in [2.45, 2.75) is 26.2 Å². The zero-order valence-corrected chi connectivity index (χ0v) is 11.9. The first-order chi connectivity index (χ1) is 9.09. The number of fused-ring (bicyclic) bond motifs is 1. The fourth-order valence-electron chi connectivity index (χ4n) is 2.57. The minimum atomic E-state index is 0.170. The Balaban J connectivity index is 2.25. The molecule has 1 aromatic heterocycles. The fourth-order valence-corrected chi connectivity index (χ4v) is 2.94. The Morgan fingerprint density at radius 3 is 2.84 bits per heavy atom. The minimum Gasteiger partial charge on any atom is -0.294 e. The predicted molar refractivity (Wildman–Crippen MR) is 75.6 cm³/mol. The molecule has 0 amide bonds. The summed E-state index contributed by atoms with van der Waals surface area (Å²) >= 11 is 12.3. The third-order valence-electron chi connectivity index (χ3n) is 3.41. The number of ketones is 1. The number of aromatic nitrogens is 2. The van der Waals surface area contributed by atoms with Crippen molar-refractivity contribution in [1.82, 2.24) is 9.78 Å². The second-order valence-electron chi connectivity index (χ2n) is 4.67. The number of carbonyl (C=O) groups excluding carboxylic acids is 1. The van der Waals surface area contributed by atoms with Crippen LogP contribution in [0.1, 0.15) is 34.6 Å². The van der Waals surface area contributed by atoms with E-state index in [1.165, 1.54) is 0 Å². The van der Waals surface area contributed by atoms with E-state index in [2.05, 4.69) is 5.10 Å². The maximum Gasteiger partial charge on any atom is 0.166 e. The van der Waals surface area contributed by atoms with Crippen LogP contribution in [0.25, 0.3) is 5.69 Å². The van der Waals surface area contributed by atoms with Gasteiger partial charge in [0, 0.05) is 6.42 Å². The first-order valence-electron chi connectivity index (χ1n) is 6.15. The maximum absolute atomic E-state index is 12.0. The van der Waals surface area contributed by atoms with Gasteiger partial charge in [-0.2, -0.15) is 5.10 Å². The van der Waals surface area contributed by atoms with Crippen LogP contribution in [-0.2, 0) is 6.42 Å². The van der Waals surface area contributed by atoms with Gasteiger partial charge in [0.15, 0.2) is 5.78 Å². The Bertz CT molecular complexity index is 676. The van der Waals surface area contributed by atoms with Gasteiger partial charge in [-0.25, -0.2) is 4.68 Å². The van der Waals surface area contributed by atoms with E-state index in [1.807, 2.05) is 19.1 Å². The topological polar surface area (TPSA) is 34.9 Å². The van der Waals surface area contributed by atoms with Crippen LogP contribution in [0.4, 0.5) is 0 Å². The zero-order chi connectivity index (χ0) is 13.6. The third kappa shape index (κ3) is 1.97. The van der Waals surface area contributed by atoms with Gasteiger partial charge < -0.3 is 0 Å². The number of aryl methyl sites for hydroxylation is 1. The summed E-state index contributed by atoms with van der Waals surface area (Å²) in [5, 5.41) is 5.42. The highest BCUT2D eigenvalue weighted by molar-refractivity contribution is 6.43. The van der Waals surface area contributed by atoms with Crippen LogP contribution in [0.5, 0.6) is 0 Å². The van der Waals surface area contributed by atoms with Gasteiger partial charge in [0.1, 0.15) is 0 Å². The summed E-state index contributed by atoms with van der Waals surface area (Å²) in [4.78, 5) is 12.0. The quantitative estimate of drug-likeness (QED) is 0.796. The summed E-state index contributed by atoms with van der Waals surface area (Å²) < 4.78 is 1.76. The van der Waals surface area contributed by atoms with Gasteiger partial charge in [-0.3, -0.25) is 4.79 Å². The summed E-state index contributed by atoms with van der Waals surface area (Å²) in [5.74, 6) is 0.170. The number of rotatable bonds is 1. The normalized spacial score (nSPS) is 14.6. The van der Waals surface area contributed by atoms with E-state index in [0.29, 0.717) is 16.5 Å². The Hall–Kier alpha value is -1.32. The van der Waals surface area contributed by atoms with Crippen LogP contribution in [0.15, 0.2) is 18.2 Å². The summed E-state index contributed by atoms with van der Waals surface area (Å²) in [5.41, 5.74) is 3.18. The van der Waals surface area contributed by atoms with Crippen LogP contribution in [0.2, 0.25) is 10.0 Å². The first kappa shape index (κ1) is 12.7. The summed E-state index contributed by atoms with van der Waals surface area (Å²) in [6.45, 7) is 1.86. The Morgan fingerprint density at radius 1 is 1.26 bits per heavy atom. The first-order valence-corrected chi connectivity index (χ1v) is 6.91. The lowest BCUT2D eigenvalue weighted by atomic mass is 9.94. The molecule has 1 aromatic carbocycles. The minimum absolute atomic E-state index is 0.170. The van der Waals surface area contributed by atoms with Gasteiger partial charge in [0.25, 0.3) is 0 Å². The zero-order valence-electron chi connectivity index (χ0n) is 10.4. The lowest BCUT2D eigenvalue weighted by molar-refractivity contribution is 0.0971. The summed E-state index contributed by atoms with van der Waals surface area (Å²) in [6, 6.07) is 5.43. The standard InChI is InChI=1S/C14H12Cl2N2O/c1-8-13-10(5-3-7-12(13)19)18(17-8)11-6-2-4-9(15)14(11)16/h2,4,6H,3,5,7H2,1H3. The van der Waals surface area contributed by atoms with Crippen molar-refractivity contribution in [2.75, 3.05) is 0 Å². The number of Topliss-reactive ketones (excluding diaryl/α,β-unsaturated/α-hetero) is 1. The highest BCUT2D eigenvalue weighted by Gasteiger charge is 2.26. The van der Waals surface area contributed by atoms with E-state index < -0.39 is 0 Å². The van der Waals surface area contributed by atoms with E-state index in [0.717, 1.165) is 35.5 Å². The molecule has 0 unspecified atom stereocenters. The molecule has 0 N–H and O–H groups in total. The maximum atomic E-state index is 12.0.